The summed E-state index contributed by atoms with van der Waals surface area (Å²) in [6.45, 7) is 5.95. The first-order valence-corrected chi connectivity index (χ1v) is 4.58. The van der Waals surface area contributed by atoms with Crippen molar-refractivity contribution in [2.45, 2.75) is 20.8 Å². The first-order chi connectivity index (χ1) is 6.19. The van der Waals surface area contributed by atoms with Gasteiger partial charge in [0.05, 0.1) is 0 Å². The van der Waals surface area contributed by atoms with E-state index in [2.05, 4.69) is 10.4 Å². The van der Waals surface area contributed by atoms with Crippen molar-refractivity contribution in [3.63, 3.8) is 0 Å². The molecule has 14 heavy (non-hydrogen) atoms. The van der Waals surface area contributed by atoms with Crippen LogP contribution in [-0.2, 0) is 0 Å². The summed E-state index contributed by atoms with van der Waals surface area (Å²) in [6.07, 6.45) is 1.79. The topological polar surface area (TPSA) is 12.4 Å². The largest absolute Gasteiger partial charge is 1.00 e. The Hall–Kier alpha value is -0.423. The molecule has 0 fully saturated rings. The van der Waals surface area contributed by atoms with Crippen LogP contribution in [0.5, 0.6) is 0 Å². The predicted molar refractivity (Wildman–Crippen MR) is 61.4 cm³/mol. The molecule has 0 radical (unpaired) electrons. The molecule has 1 rings (SSSR count). The number of nitrogens with zero attached hydrogens (tertiary/aromatic N) is 1. The van der Waals surface area contributed by atoms with Crippen LogP contribution in [0.25, 0.3) is 0 Å². The molecule has 0 aliphatic heterocycles. The van der Waals surface area contributed by atoms with Crippen LogP contribution in [0, 0.1) is 13.8 Å². The third-order valence-electron chi connectivity index (χ3n) is 1.92. The first kappa shape index (κ1) is 13.6. The monoisotopic (exact) mass is 197 g/mol. The standard InChI is InChI=1S/C11H12NS.Li/c1-4-12-11-6-8(2)10(7-13)5-9(11)3;/h4-6H,1-3H3;/q-1;+1. The molecular formula is C11H12LiNS. The summed E-state index contributed by atoms with van der Waals surface area (Å²) in [5.74, 6) is 0. The van der Waals surface area contributed by atoms with Gasteiger partial charge < -0.3 is 0 Å². The molecule has 0 spiro atoms. The van der Waals surface area contributed by atoms with Gasteiger partial charge in [-0.1, -0.05) is 18.6 Å². The van der Waals surface area contributed by atoms with E-state index in [4.69, 9.17) is 12.2 Å². The minimum atomic E-state index is 0. The van der Waals surface area contributed by atoms with E-state index in [9.17, 15) is 0 Å². The molecule has 0 saturated carbocycles. The first-order valence-electron chi connectivity index (χ1n) is 4.17. The molecule has 0 aromatic heterocycles. The number of thiocarbonyl (C=S) groups is 1. The third kappa shape index (κ3) is 3.06. The van der Waals surface area contributed by atoms with E-state index < -0.39 is 0 Å². The van der Waals surface area contributed by atoms with Gasteiger partial charge in [0.1, 0.15) is 0 Å². The van der Waals surface area contributed by atoms with Crippen LogP contribution in [0.3, 0.4) is 0 Å². The van der Waals surface area contributed by atoms with E-state index in [-0.39, 0.29) is 18.9 Å². The van der Waals surface area contributed by atoms with E-state index in [1.54, 1.807) is 6.21 Å². The average Bonchev–Trinajstić information content (AvgIpc) is 2.11. The van der Waals surface area contributed by atoms with E-state index >= 15 is 0 Å². The summed E-state index contributed by atoms with van der Waals surface area (Å²) in [5, 5.41) is 2.74. The average molecular weight is 197 g/mol. The van der Waals surface area contributed by atoms with Gasteiger partial charge in [0, 0.05) is 11.9 Å². The van der Waals surface area contributed by atoms with Crippen molar-refractivity contribution in [2.24, 2.45) is 4.99 Å². The Labute approximate surface area is 103 Å². The van der Waals surface area contributed by atoms with Crippen LogP contribution in [-0.4, -0.2) is 11.6 Å². The molecule has 0 N–H and O–H groups in total. The van der Waals surface area contributed by atoms with E-state index in [1.165, 1.54) is 0 Å². The molecule has 0 aliphatic carbocycles. The predicted octanol–water partition coefficient (Wildman–Crippen LogP) is 0.254. The Morgan fingerprint density at radius 2 is 1.93 bits per heavy atom. The molecule has 0 saturated heterocycles. The number of hydrogen-bond donors (Lipinski definition) is 0. The van der Waals surface area contributed by atoms with Crippen LogP contribution in [0.1, 0.15) is 23.6 Å². The minimum Gasteiger partial charge on any atom is -0.263 e. The molecule has 1 aromatic carbocycles. The maximum atomic E-state index is 4.79. The van der Waals surface area contributed by atoms with Crippen LogP contribution < -0.4 is 18.9 Å². The molecular weight excluding hydrogens is 185 g/mol. The Balaban J connectivity index is 0.00000169. The van der Waals surface area contributed by atoms with Gasteiger partial charge >= 0.3 is 18.9 Å². The van der Waals surface area contributed by atoms with Crippen LogP contribution in [0.15, 0.2) is 17.1 Å². The van der Waals surface area contributed by atoms with Crippen molar-refractivity contribution < 1.29 is 18.9 Å². The summed E-state index contributed by atoms with van der Waals surface area (Å²) in [4.78, 5) is 4.26. The third-order valence-corrected chi connectivity index (χ3v) is 2.14. The quantitative estimate of drug-likeness (QED) is 0.286. The molecule has 0 bridgehead atoms. The molecule has 0 atom stereocenters. The summed E-state index contributed by atoms with van der Waals surface area (Å²) >= 11 is 4.79. The fraction of sp³-hybridized carbons (Fsp3) is 0.273. The second kappa shape index (κ2) is 6.13. The Kier molecular flexibility index (Phi) is 5.95. The molecule has 0 aliphatic rings. The molecule has 1 nitrogen and oxygen atoms in total. The van der Waals surface area contributed by atoms with Crippen molar-refractivity contribution in [1.29, 1.82) is 0 Å². The van der Waals surface area contributed by atoms with Crippen molar-refractivity contribution in [2.75, 3.05) is 0 Å². The smallest absolute Gasteiger partial charge is 0.263 e. The number of hydrogen-bond acceptors (Lipinski definition) is 2. The second-order valence-corrected chi connectivity index (χ2v) is 3.15. The fourth-order valence-electron chi connectivity index (χ4n) is 1.19. The second-order valence-electron chi connectivity index (χ2n) is 2.94. The summed E-state index contributed by atoms with van der Waals surface area (Å²) in [5.41, 5.74) is 4.26. The minimum absolute atomic E-state index is 0. The number of aryl methyl sites for hydroxylation is 2. The number of aliphatic imine (C=N–C) groups is 1. The van der Waals surface area contributed by atoms with Crippen molar-refractivity contribution >= 4 is 29.5 Å². The van der Waals surface area contributed by atoms with Gasteiger partial charge in [0.15, 0.2) is 0 Å². The van der Waals surface area contributed by atoms with Gasteiger partial charge in [-0.05, 0) is 13.8 Å². The normalized spacial score (nSPS) is 9.93. The molecule has 0 heterocycles. The zero-order valence-electron chi connectivity index (χ0n) is 9.09. The van der Waals surface area contributed by atoms with E-state index in [0.717, 1.165) is 22.4 Å². The van der Waals surface area contributed by atoms with Crippen molar-refractivity contribution in [1.82, 2.24) is 0 Å². The van der Waals surface area contributed by atoms with Gasteiger partial charge in [0.2, 0.25) is 0 Å². The molecule has 0 amide bonds. The summed E-state index contributed by atoms with van der Waals surface area (Å²) in [7, 11) is 0. The SMILES string of the molecule is CC=Nc1cc(C)c([C-]=S)cc1C.[Li+]. The molecule has 3 heteroatoms. The summed E-state index contributed by atoms with van der Waals surface area (Å²) in [6, 6.07) is 4.05. The number of rotatable bonds is 2. The van der Waals surface area contributed by atoms with Crippen LogP contribution >= 0.6 is 12.2 Å². The Bertz CT molecular complexity index is 359. The fourth-order valence-corrected chi connectivity index (χ4v) is 1.41. The molecule has 0 unspecified atom stereocenters. The van der Waals surface area contributed by atoms with Gasteiger partial charge in [-0.3, -0.25) is 4.99 Å². The van der Waals surface area contributed by atoms with Gasteiger partial charge in [0.25, 0.3) is 0 Å². The van der Waals surface area contributed by atoms with Gasteiger partial charge in [-0.2, -0.15) is 23.8 Å². The van der Waals surface area contributed by atoms with Crippen LogP contribution in [0.4, 0.5) is 5.69 Å². The zero-order valence-corrected chi connectivity index (χ0v) is 9.90. The van der Waals surface area contributed by atoms with Gasteiger partial charge in [-0.25, -0.2) is 0 Å². The van der Waals surface area contributed by atoms with E-state index in [0.29, 0.717) is 0 Å². The van der Waals surface area contributed by atoms with Crippen molar-refractivity contribution in [3.05, 3.63) is 28.8 Å². The zero-order chi connectivity index (χ0) is 9.84. The maximum absolute atomic E-state index is 4.79. The Morgan fingerprint density at radius 3 is 2.43 bits per heavy atom. The van der Waals surface area contributed by atoms with Crippen LogP contribution in [0.2, 0.25) is 0 Å². The maximum Gasteiger partial charge on any atom is 1.00 e. The number of benzene rings is 1. The van der Waals surface area contributed by atoms with Crippen molar-refractivity contribution in [3.8, 4) is 0 Å². The van der Waals surface area contributed by atoms with Gasteiger partial charge in [-0.15, -0.1) is 10.9 Å². The summed E-state index contributed by atoms with van der Waals surface area (Å²) < 4.78 is 0. The Morgan fingerprint density at radius 1 is 1.29 bits per heavy atom. The molecule has 68 valence electrons. The van der Waals surface area contributed by atoms with E-state index in [1.807, 2.05) is 32.9 Å². The molecule has 1 aromatic rings.